The second kappa shape index (κ2) is 7.17. The van der Waals surface area contributed by atoms with Crippen LogP contribution in [-0.4, -0.2) is 22.2 Å². The summed E-state index contributed by atoms with van der Waals surface area (Å²) >= 11 is 0. The normalized spacial score (nSPS) is 11.3. The second-order valence-electron chi connectivity index (χ2n) is 5.63. The highest BCUT2D eigenvalue weighted by atomic mass is 16.5. The van der Waals surface area contributed by atoms with Crippen LogP contribution in [0.4, 0.5) is 5.69 Å². The van der Waals surface area contributed by atoms with E-state index in [0.717, 1.165) is 16.5 Å². The van der Waals surface area contributed by atoms with Crippen molar-refractivity contribution in [2.75, 3.05) is 6.61 Å². The molecule has 128 valence electrons. The number of carbonyl (C=O) groups excluding carboxylic acids is 1. The fourth-order valence-electron chi connectivity index (χ4n) is 2.68. The van der Waals surface area contributed by atoms with Crippen molar-refractivity contribution in [3.8, 4) is 11.6 Å². The van der Waals surface area contributed by atoms with Crippen molar-refractivity contribution in [3.63, 3.8) is 0 Å². The highest BCUT2D eigenvalue weighted by Crippen LogP contribution is 2.38. The van der Waals surface area contributed by atoms with Gasteiger partial charge in [-0.15, -0.1) is 10.2 Å². The number of azo groups is 1. The SMILES string of the molecule is CCn1c(O)c(N=NC(=O)COc2cccc(C)c2)c2ccccc21. The van der Waals surface area contributed by atoms with Crippen LogP contribution in [0.1, 0.15) is 12.5 Å². The maximum Gasteiger partial charge on any atom is 0.302 e. The predicted octanol–water partition coefficient (Wildman–Crippen LogP) is 4.36. The van der Waals surface area contributed by atoms with Crippen LogP contribution in [0.25, 0.3) is 10.9 Å². The van der Waals surface area contributed by atoms with Gasteiger partial charge in [0.05, 0.1) is 5.52 Å². The summed E-state index contributed by atoms with van der Waals surface area (Å²) in [6.07, 6.45) is 0. The number of benzene rings is 2. The molecule has 6 heteroatoms. The third-order valence-electron chi connectivity index (χ3n) is 3.85. The minimum atomic E-state index is -0.519. The van der Waals surface area contributed by atoms with Crippen molar-refractivity contribution < 1.29 is 14.6 Å². The van der Waals surface area contributed by atoms with E-state index in [1.807, 2.05) is 56.3 Å². The predicted molar refractivity (Wildman–Crippen MR) is 95.5 cm³/mol. The van der Waals surface area contributed by atoms with E-state index in [0.29, 0.717) is 18.0 Å². The van der Waals surface area contributed by atoms with Crippen molar-refractivity contribution in [2.45, 2.75) is 20.4 Å². The zero-order valence-corrected chi connectivity index (χ0v) is 14.1. The summed E-state index contributed by atoms with van der Waals surface area (Å²) < 4.78 is 7.13. The molecule has 0 aliphatic rings. The Morgan fingerprint density at radius 2 is 2.00 bits per heavy atom. The smallest absolute Gasteiger partial charge is 0.302 e. The van der Waals surface area contributed by atoms with E-state index >= 15 is 0 Å². The molecule has 0 radical (unpaired) electrons. The van der Waals surface area contributed by atoms with Crippen molar-refractivity contribution in [2.24, 2.45) is 10.2 Å². The lowest BCUT2D eigenvalue weighted by molar-refractivity contribution is -0.120. The lowest BCUT2D eigenvalue weighted by Gasteiger charge is -2.03. The van der Waals surface area contributed by atoms with Gasteiger partial charge in [0, 0.05) is 11.9 Å². The Kier molecular flexibility index (Phi) is 4.79. The number of rotatable bonds is 5. The number of carbonyl (C=O) groups is 1. The van der Waals surface area contributed by atoms with Crippen LogP contribution < -0.4 is 4.74 Å². The van der Waals surface area contributed by atoms with Crippen LogP contribution in [-0.2, 0) is 11.3 Å². The van der Waals surface area contributed by atoms with Crippen molar-refractivity contribution >= 4 is 22.5 Å². The van der Waals surface area contributed by atoms with Gasteiger partial charge in [0.2, 0.25) is 5.88 Å². The van der Waals surface area contributed by atoms with Gasteiger partial charge in [-0.3, -0.25) is 4.79 Å². The Labute approximate surface area is 145 Å². The quantitative estimate of drug-likeness (QED) is 0.703. The largest absolute Gasteiger partial charge is 0.493 e. The highest BCUT2D eigenvalue weighted by Gasteiger charge is 2.15. The Bertz CT molecular complexity index is 944. The number of ether oxygens (including phenoxy) is 1. The first-order valence-corrected chi connectivity index (χ1v) is 8.04. The zero-order chi connectivity index (χ0) is 17.8. The van der Waals surface area contributed by atoms with Gasteiger partial charge in [-0.05, 0) is 37.6 Å². The van der Waals surface area contributed by atoms with Crippen molar-refractivity contribution in [3.05, 3.63) is 54.1 Å². The number of hydrogen-bond acceptors (Lipinski definition) is 4. The van der Waals surface area contributed by atoms with Crippen LogP contribution in [0.15, 0.2) is 58.8 Å². The number of amides is 1. The Morgan fingerprint density at radius 1 is 1.20 bits per heavy atom. The van der Waals surface area contributed by atoms with Gasteiger partial charge >= 0.3 is 5.91 Å². The maximum atomic E-state index is 11.9. The molecule has 0 bridgehead atoms. The molecular formula is C19H19N3O3. The van der Waals surface area contributed by atoms with Crippen molar-refractivity contribution in [1.29, 1.82) is 0 Å². The van der Waals surface area contributed by atoms with E-state index in [9.17, 15) is 9.90 Å². The molecular weight excluding hydrogens is 318 g/mol. The van der Waals surface area contributed by atoms with Gasteiger partial charge in [-0.25, -0.2) is 0 Å². The third-order valence-corrected chi connectivity index (χ3v) is 3.85. The minimum absolute atomic E-state index is 0.000137. The first-order valence-electron chi connectivity index (χ1n) is 8.04. The van der Waals surface area contributed by atoms with Crippen LogP contribution in [0.3, 0.4) is 0 Å². The zero-order valence-electron chi connectivity index (χ0n) is 14.1. The summed E-state index contributed by atoms with van der Waals surface area (Å²) in [7, 11) is 0. The van der Waals surface area contributed by atoms with E-state index in [2.05, 4.69) is 10.2 Å². The molecule has 1 N–H and O–H groups in total. The number of aromatic hydroxyl groups is 1. The topological polar surface area (TPSA) is 76.2 Å². The summed E-state index contributed by atoms with van der Waals surface area (Å²) in [6.45, 7) is 4.25. The number of aromatic nitrogens is 1. The molecule has 1 amide bonds. The molecule has 0 atom stereocenters. The van der Waals surface area contributed by atoms with Crippen LogP contribution in [0, 0.1) is 6.92 Å². The van der Waals surface area contributed by atoms with Crippen LogP contribution >= 0.6 is 0 Å². The molecule has 6 nitrogen and oxygen atoms in total. The average Bonchev–Trinajstić information content (AvgIpc) is 2.89. The number of para-hydroxylation sites is 1. The summed E-state index contributed by atoms with van der Waals surface area (Å²) in [5, 5.41) is 18.7. The van der Waals surface area contributed by atoms with Gasteiger partial charge in [0.1, 0.15) is 5.75 Å². The van der Waals surface area contributed by atoms with Gasteiger partial charge in [-0.1, -0.05) is 30.3 Å². The molecule has 0 spiro atoms. The Balaban J connectivity index is 1.76. The van der Waals surface area contributed by atoms with E-state index in [1.165, 1.54) is 0 Å². The molecule has 0 aliphatic carbocycles. The van der Waals surface area contributed by atoms with Gasteiger partial charge in [0.25, 0.3) is 0 Å². The monoisotopic (exact) mass is 337 g/mol. The number of aryl methyl sites for hydroxylation is 2. The fourth-order valence-corrected chi connectivity index (χ4v) is 2.68. The lowest BCUT2D eigenvalue weighted by Crippen LogP contribution is -2.07. The molecule has 25 heavy (non-hydrogen) atoms. The van der Waals surface area contributed by atoms with E-state index in [1.54, 1.807) is 10.6 Å². The summed E-state index contributed by atoms with van der Waals surface area (Å²) in [4.78, 5) is 11.9. The molecule has 0 unspecified atom stereocenters. The third kappa shape index (κ3) is 3.52. The number of hydrogen-bond donors (Lipinski definition) is 1. The average molecular weight is 337 g/mol. The van der Waals surface area contributed by atoms with E-state index in [4.69, 9.17) is 4.74 Å². The molecule has 1 aromatic heterocycles. The van der Waals surface area contributed by atoms with Gasteiger partial charge < -0.3 is 14.4 Å². The van der Waals surface area contributed by atoms with E-state index in [-0.39, 0.29) is 12.5 Å². The Morgan fingerprint density at radius 3 is 2.76 bits per heavy atom. The molecule has 3 aromatic rings. The van der Waals surface area contributed by atoms with Crippen LogP contribution in [0.2, 0.25) is 0 Å². The van der Waals surface area contributed by atoms with Gasteiger partial charge in [-0.2, -0.15) is 0 Å². The standard InChI is InChI=1S/C19H19N3O3/c1-3-22-16-10-5-4-9-15(16)18(19(22)24)21-20-17(23)12-25-14-8-6-7-13(2)11-14/h4-11,24H,3,12H2,1-2H3. The van der Waals surface area contributed by atoms with Crippen molar-refractivity contribution in [1.82, 2.24) is 4.57 Å². The molecule has 0 saturated carbocycles. The van der Waals surface area contributed by atoms with Gasteiger partial charge in [0.15, 0.2) is 12.3 Å². The maximum absolute atomic E-state index is 11.9. The van der Waals surface area contributed by atoms with Crippen LogP contribution in [0.5, 0.6) is 11.6 Å². The summed E-state index contributed by atoms with van der Waals surface area (Å²) in [6, 6.07) is 14.9. The highest BCUT2D eigenvalue weighted by molar-refractivity contribution is 5.95. The molecule has 1 heterocycles. The number of nitrogens with zero attached hydrogens (tertiary/aromatic N) is 3. The molecule has 0 fully saturated rings. The molecule has 3 rings (SSSR count). The first-order chi connectivity index (χ1) is 12.1. The molecule has 0 saturated heterocycles. The molecule has 0 aliphatic heterocycles. The summed E-state index contributed by atoms with van der Waals surface area (Å²) in [5.41, 5.74) is 2.19. The summed E-state index contributed by atoms with van der Waals surface area (Å²) in [5.74, 6) is 0.0862. The Hall–Kier alpha value is -3.15. The number of fused-ring (bicyclic) bond motifs is 1. The second-order valence-corrected chi connectivity index (χ2v) is 5.63. The molecule has 2 aromatic carbocycles. The first kappa shape index (κ1) is 16.7. The fraction of sp³-hybridized carbons (Fsp3) is 0.211. The lowest BCUT2D eigenvalue weighted by atomic mass is 10.2. The minimum Gasteiger partial charge on any atom is -0.493 e. The van der Waals surface area contributed by atoms with E-state index < -0.39 is 5.91 Å².